The zero-order chi connectivity index (χ0) is 13.0. The van der Waals surface area contributed by atoms with E-state index in [-0.39, 0.29) is 6.09 Å². The van der Waals surface area contributed by atoms with Crippen LogP contribution in [-0.4, -0.2) is 36.2 Å². The van der Waals surface area contributed by atoms with Crippen molar-refractivity contribution in [1.29, 1.82) is 0 Å². The molecule has 0 aromatic carbocycles. The lowest BCUT2D eigenvalue weighted by atomic mass is 9.91. The molecule has 2 rings (SSSR count). The fraction of sp³-hybridized carbons (Fsp3) is 0.538. The molecule has 0 N–H and O–H groups in total. The molecule has 0 saturated carbocycles. The highest BCUT2D eigenvalue weighted by Gasteiger charge is 2.23. The van der Waals surface area contributed by atoms with Gasteiger partial charge in [0.15, 0.2) is 0 Å². The average Bonchev–Trinajstić information content (AvgIpc) is 2.41. The largest absolute Gasteiger partial charge is 0.453 e. The number of carbonyl (C=O) groups excluding carboxylic acids is 1. The Morgan fingerprint density at radius 3 is 2.78 bits per heavy atom. The topological polar surface area (TPSA) is 42.4 Å². The van der Waals surface area contributed by atoms with Crippen LogP contribution in [0.2, 0.25) is 5.15 Å². The van der Waals surface area contributed by atoms with Crippen molar-refractivity contribution in [3.05, 3.63) is 29.0 Å². The van der Waals surface area contributed by atoms with Crippen molar-refractivity contribution in [3.63, 3.8) is 0 Å². The highest BCUT2D eigenvalue weighted by molar-refractivity contribution is 6.29. The lowest BCUT2D eigenvalue weighted by Crippen LogP contribution is -2.38. The number of hydrogen-bond donors (Lipinski definition) is 0. The Balaban J connectivity index is 1.83. The van der Waals surface area contributed by atoms with Gasteiger partial charge in [0.05, 0.1) is 7.11 Å². The molecule has 5 heteroatoms. The first kappa shape index (κ1) is 13.1. The molecule has 1 saturated heterocycles. The van der Waals surface area contributed by atoms with Gasteiger partial charge in [-0.1, -0.05) is 17.7 Å². The van der Waals surface area contributed by atoms with Gasteiger partial charge in [-0.05, 0) is 36.8 Å². The Bertz CT molecular complexity index is 400. The Morgan fingerprint density at radius 1 is 1.50 bits per heavy atom. The zero-order valence-electron chi connectivity index (χ0n) is 10.4. The summed E-state index contributed by atoms with van der Waals surface area (Å²) < 4.78 is 4.72. The summed E-state index contributed by atoms with van der Waals surface area (Å²) in [6.07, 6.45) is 4.63. The minimum absolute atomic E-state index is 0.221. The number of nitrogens with zero attached hydrogens (tertiary/aromatic N) is 2. The number of halogens is 1. The van der Waals surface area contributed by atoms with Crippen molar-refractivity contribution in [2.45, 2.75) is 19.3 Å². The molecule has 0 bridgehead atoms. The standard InChI is InChI=1S/C13H17ClN2O2/c1-18-13(17)16-6-4-10(5-7-16)8-11-2-3-12(14)15-9-11/h2-3,9-10H,4-8H2,1H3. The van der Waals surface area contributed by atoms with E-state index in [2.05, 4.69) is 4.98 Å². The first-order valence-electron chi connectivity index (χ1n) is 6.12. The van der Waals surface area contributed by atoms with E-state index in [0.717, 1.165) is 32.4 Å². The summed E-state index contributed by atoms with van der Waals surface area (Å²) in [5.74, 6) is 0.605. The monoisotopic (exact) mass is 268 g/mol. The summed E-state index contributed by atoms with van der Waals surface area (Å²) in [6, 6.07) is 3.84. The third-order valence-corrected chi connectivity index (χ3v) is 3.58. The molecule has 0 spiro atoms. The molecule has 1 aromatic heterocycles. The van der Waals surface area contributed by atoms with Crippen LogP contribution < -0.4 is 0 Å². The van der Waals surface area contributed by atoms with Crippen molar-refractivity contribution in [1.82, 2.24) is 9.88 Å². The van der Waals surface area contributed by atoms with Crippen LogP contribution in [0.15, 0.2) is 18.3 Å². The first-order chi connectivity index (χ1) is 8.69. The highest BCUT2D eigenvalue weighted by atomic mass is 35.5. The molecule has 0 aliphatic carbocycles. The number of hydrogen-bond acceptors (Lipinski definition) is 3. The van der Waals surface area contributed by atoms with E-state index >= 15 is 0 Å². The van der Waals surface area contributed by atoms with Crippen LogP contribution in [0, 0.1) is 5.92 Å². The fourth-order valence-electron chi connectivity index (χ4n) is 2.31. The van der Waals surface area contributed by atoms with Gasteiger partial charge >= 0.3 is 6.09 Å². The number of methoxy groups -OCH3 is 1. The lowest BCUT2D eigenvalue weighted by Gasteiger charge is -2.30. The predicted molar refractivity (Wildman–Crippen MR) is 69.7 cm³/mol. The summed E-state index contributed by atoms with van der Waals surface area (Å²) in [5.41, 5.74) is 1.20. The smallest absolute Gasteiger partial charge is 0.409 e. The highest BCUT2D eigenvalue weighted by Crippen LogP contribution is 2.22. The number of carbonyl (C=O) groups is 1. The van der Waals surface area contributed by atoms with Gasteiger partial charge < -0.3 is 9.64 Å². The number of rotatable bonds is 2. The van der Waals surface area contributed by atoms with E-state index in [0.29, 0.717) is 11.1 Å². The van der Waals surface area contributed by atoms with Gasteiger partial charge in [-0.3, -0.25) is 0 Å². The van der Waals surface area contributed by atoms with Gasteiger partial charge in [-0.25, -0.2) is 9.78 Å². The van der Waals surface area contributed by atoms with Crippen molar-refractivity contribution in [2.24, 2.45) is 5.92 Å². The van der Waals surface area contributed by atoms with Crippen LogP contribution in [-0.2, 0) is 11.2 Å². The first-order valence-corrected chi connectivity index (χ1v) is 6.50. The summed E-state index contributed by atoms with van der Waals surface area (Å²) in [7, 11) is 1.42. The van der Waals surface area contributed by atoms with E-state index in [4.69, 9.17) is 16.3 Å². The van der Waals surface area contributed by atoms with Gasteiger partial charge in [0.1, 0.15) is 5.15 Å². The quantitative estimate of drug-likeness (QED) is 0.775. The maximum atomic E-state index is 11.3. The van der Waals surface area contributed by atoms with Crippen molar-refractivity contribution in [2.75, 3.05) is 20.2 Å². The van der Waals surface area contributed by atoms with Gasteiger partial charge in [-0.2, -0.15) is 0 Å². The van der Waals surface area contributed by atoms with Crippen molar-refractivity contribution < 1.29 is 9.53 Å². The van der Waals surface area contributed by atoms with Crippen LogP contribution in [0.4, 0.5) is 4.79 Å². The van der Waals surface area contributed by atoms with Crippen molar-refractivity contribution >= 4 is 17.7 Å². The third-order valence-electron chi connectivity index (χ3n) is 3.36. The van der Waals surface area contributed by atoms with E-state index in [1.165, 1.54) is 12.7 Å². The molecule has 0 unspecified atom stereocenters. The Morgan fingerprint density at radius 2 is 2.22 bits per heavy atom. The molecule has 98 valence electrons. The van der Waals surface area contributed by atoms with Crippen LogP contribution >= 0.6 is 11.6 Å². The Labute approximate surface area is 112 Å². The van der Waals surface area contributed by atoms with Crippen LogP contribution in [0.1, 0.15) is 18.4 Å². The molecule has 1 aromatic rings. The second-order valence-electron chi connectivity index (χ2n) is 4.59. The van der Waals surface area contributed by atoms with Gasteiger partial charge in [0, 0.05) is 19.3 Å². The maximum Gasteiger partial charge on any atom is 0.409 e. The third kappa shape index (κ3) is 3.35. The molecule has 1 aliphatic heterocycles. The van der Waals surface area contributed by atoms with E-state index in [1.807, 2.05) is 18.3 Å². The Hall–Kier alpha value is -1.29. The van der Waals surface area contributed by atoms with Gasteiger partial charge in [0.2, 0.25) is 0 Å². The number of amides is 1. The minimum Gasteiger partial charge on any atom is -0.453 e. The fourth-order valence-corrected chi connectivity index (χ4v) is 2.42. The van der Waals surface area contributed by atoms with Gasteiger partial charge in [-0.15, -0.1) is 0 Å². The number of pyridine rings is 1. The molecule has 0 atom stereocenters. The van der Waals surface area contributed by atoms with Crippen LogP contribution in [0.3, 0.4) is 0 Å². The van der Waals surface area contributed by atoms with E-state index < -0.39 is 0 Å². The average molecular weight is 269 g/mol. The summed E-state index contributed by atoms with van der Waals surface area (Å²) in [4.78, 5) is 17.2. The second kappa shape index (κ2) is 6.05. The predicted octanol–water partition coefficient (Wildman–Crippen LogP) is 2.76. The summed E-state index contributed by atoms with van der Waals surface area (Å²) in [6.45, 7) is 1.55. The maximum absolute atomic E-state index is 11.3. The molecular formula is C13H17ClN2O2. The normalized spacial score (nSPS) is 16.7. The molecule has 2 heterocycles. The summed E-state index contributed by atoms with van der Waals surface area (Å²) in [5, 5.41) is 0.527. The molecule has 18 heavy (non-hydrogen) atoms. The number of piperidine rings is 1. The molecule has 1 amide bonds. The summed E-state index contributed by atoms with van der Waals surface area (Å²) >= 11 is 5.76. The molecular weight excluding hydrogens is 252 g/mol. The van der Waals surface area contributed by atoms with E-state index in [1.54, 1.807) is 4.90 Å². The zero-order valence-corrected chi connectivity index (χ0v) is 11.2. The van der Waals surface area contributed by atoms with Crippen LogP contribution in [0.5, 0.6) is 0 Å². The van der Waals surface area contributed by atoms with Crippen LogP contribution in [0.25, 0.3) is 0 Å². The molecule has 0 radical (unpaired) electrons. The van der Waals surface area contributed by atoms with Gasteiger partial charge in [0.25, 0.3) is 0 Å². The molecule has 4 nitrogen and oxygen atoms in total. The minimum atomic E-state index is -0.221. The second-order valence-corrected chi connectivity index (χ2v) is 4.98. The number of aromatic nitrogens is 1. The lowest BCUT2D eigenvalue weighted by molar-refractivity contribution is 0.106. The molecule has 1 fully saturated rings. The number of likely N-dealkylation sites (tertiary alicyclic amines) is 1. The van der Waals surface area contributed by atoms with E-state index in [9.17, 15) is 4.79 Å². The SMILES string of the molecule is COC(=O)N1CCC(Cc2ccc(Cl)nc2)CC1. The molecule has 1 aliphatic rings. The number of ether oxygens (including phenoxy) is 1. The Kier molecular flexibility index (Phi) is 4.42. The van der Waals surface area contributed by atoms with Crippen molar-refractivity contribution in [3.8, 4) is 0 Å².